The van der Waals surface area contributed by atoms with E-state index in [4.69, 9.17) is 0 Å². The van der Waals surface area contributed by atoms with Gasteiger partial charge in [0, 0.05) is 13.2 Å². The highest BCUT2D eigenvalue weighted by Crippen LogP contribution is 2.21. The molecule has 94 valence electrons. The molecule has 1 unspecified atom stereocenters. The van der Waals surface area contributed by atoms with E-state index in [-0.39, 0.29) is 18.0 Å². The lowest BCUT2D eigenvalue weighted by molar-refractivity contribution is -0.118. The first-order valence-electron chi connectivity index (χ1n) is 5.72. The van der Waals surface area contributed by atoms with E-state index < -0.39 is 15.1 Å². The predicted molar refractivity (Wildman–Crippen MR) is 63.3 cm³/mol. The summed E-state index contributed by atoms with van der Waals surface area (Å²) < 4.78 is 25.2. The van der Waals surface area contributed by atoms with Crippen LogP contribution in [0.3, 0.4) is 0 Å². The van der Waals surface area contributed by atoms with Crippen LogP contribution < -0.4 is 0 Å². The number of carbonyl (C=O) groups is 1. The molecule has 1 aromatic heterocycles. The van der Waals surface area contributed by atoms with Crippen molar-refractivity contribution in [2.24, 2.45) is 7.05 Å². The maximum absolute atomic E-state index is 12.0. The van der Waals surface area contributed by atoms with Crippen LogP contribution in [0.4, 0.5) is 0 Å². The molecule has 1 fully saturated rings. The van der Waals surface area contributed by atoms with Gasteiger partial charge >= 0.3 is 0 Å². The Morgan fingerprint density at radius 3 is 2.88 bits per heavy atom. The number of rotatable bonds is 3. The molecule has 0 radical (unpaired) electrons. The van der Waals surface area contributed by atoms with Crippen LogP contribution in [0.1, 0.15) is 25.0 Å². The number of ketones is 1. The second kappa shape index (κ2) is 4.60. The van der Waals surface area contributed by atoms with Crippen molar-refractivity contribution in [3.8, 4) is 0 Å². The average molecular weight is 256 g/mol. The summed E-state index contributed by atoms with van der Waals surface area (Å²) in [6.07, 6.45) is 3.82. The summed E-state index contributed by atoms with van der Waals surface area (Å²) in [6.45, 7) is 0. The van der Waals surface area contributed by atoms with E-state index in [1.165, 1.54) is 0 Å². The van der Waals surface area contributed by atoms with E-state index in [9.17, 15) is 13.2 Å². The highest BCUT2D eigenvalue weighted by Gasteiger charge is 2.34. The highest BCUT2D eigenvalue weighted by molar-refractivity contribution is 7.92. The van der Waals surface area contributed by atoms with Gasteiger partial charge in [-0.3, -0.25) is 9.48 Å². The number of aryl methyl sites for hydroxylation is 1. The third-order valence-corrected chi connectivity index (χ3v) is 5.29. The summed E-state index contributed by atoms with van der Waals surface area (Å²) in [5.74, 6) is -0.0746. The molecule has 0 N–H and O–H groups in total. The Balaban J connectivity index is 2.09. The first-order chi connectivity index (χ1) is 7.99. The zero-order valence-electron chi connectivity index (χ0n) is 9.80. The zero-order chi connectivity index (χ0) is 12.5. The Bertz CT molecular complexity index is 519. The molecule has 0 bridgehead atoms. The molecule has 0 aliphatic carbocycles. The standard InChI is InChI=1S/C11H16N2O3S/c1-13-6-5-9(12-13)8-10(14)11-4-2-3-7-17(11,15)16/h5-6,11H,2-4,7-8H2,1H3. The van der Waals surface area contributed by atoms with Gasteiger partial charge in [-0.05, 0) is 18.9 Å². The molecular formula is C11H16N2O3S. The van der Waals surface area contributed by atoms with Gasteiger partial charge in [0.15, 0.2) is 15.6 Å². The molecule has 0 spiro atoms. The second-order valence-corrected chi connectivity index (χ2v) is 6.78. The van der Waals surface area contributed by atoms with Crippen LogP contribution >= 0.6 is 0 Å². The van der Waals surface area contributed by atoms with E-state index in [0.717, 1.165) is 6.42 Å². The maximum Gasteiger partial charge on any atom is 0.160 e. The number of nitrogens with zero attached hydrogens (tertiary/aromatic N) is 2. The SMILES string of the molecule is Cn1ccc(CC(=O)C2CCCCS2(=O)=O)n1. The monoisotopic (exact) mass is 256 g/mol. The molecular weight excluding hydrogens is 240 g/mol. The van der Waals surface area contributed by atoms with Crippen molar-refractivity contribution in [2.75, 3.05) is 5.75 Å². The zero-order valence-corrected chi connectivity index (χ0v) is 10.6. The topological polar surface area (TPSA) is 69.0 Å². The van der Waals surface area contributed by atoms with Crippen molar-refractivity contribution in [3.05, 3.63) is 18.0 Å². The van der Waals surface area contributed by atoms with E-state index in [2.05, 4.69) is 5.10 Å². The Hall–Kier alpha value is -1.17. The molecule has 2 rings (SSSR count). The number of aromatic nitrogens is 2. The number of sulfone groups is 1. The van der Waals surface area contributed by atoms with Gasteiger partial charge in [-0.25, -0.2) is 8.42 Å². The van der Waals surface area contributed by atoms with Crippen molar-refractivity contribution < 1.29 is 13.2 Å². The van der Waals surface area contributed by atoms with Crippen LogP contribution in [-0.2, 0) is 28.1 Å². The van der Waals surface area contributed by atoms with Gasteiger partial charge < -0.3 is 0 Å². The van der Waals surface area contributed by atoms with Crippen molar-refractivity contribution in [1.82, 2.24) is 9.78 Å². The van der Waals surface area contributed by atoms with Crippen LogP contribution in [0, 0.1) is 0 Å². The molecule has 1 aliphatic rings. The largest absolute Gasteiger partial charge is 0.298 e. The lowest BCUT2D eigenvalue weighted by Crippen LogP contribution is -2.36. The van der Waals surface area contributed by atoms with Gasteiger partial charge in [0.2, 0.25) is 0 Å². The summed E-state index contributed by atoms with van der Waals surface area (Å²) in [5, 5.41) is 3.29. The van der Waals surface area contributed by atoms with Crippen LogP contribution in [0.5, 0.6) is 0 Å². The Morgan fingerprint density at radius 2 is 2.29 bits per heavy atom. The van der Waals surface area contributed by atoms with Crippen LogP contribution in [0.2, 0.25) is 0 Å². The van der Waals surface area contributed by atoms with Crippen molar-refractivity contribution in [3.63, 3.8) is 0 Å². The van der Waals surface area contributed by atoms with E-state index in [1.807, 2.05) is 0 Å². The smallest absolute Gasteiger partial charge is 0.160 e. The van der Waals surface area contributed by atoms with Gasteiger partial charge in [-0.1, -0.05) is 6.42 Å². The molecule has 1 saturated heterocycles. The maximum atomic E-state index is 12.0. The van der Waals surface area contributed by atoms with Crippen LogP contribution in [0.25, 0.3) is 0 Å². The molecule has 5 nitrogen and oxygen atoms in total. The molecule has 2 heterocycles. The minimum Gasteiger partial charge on any atom is -0.298 e. The number of Topliss-reactive ketones (excluding diaryl/α,β-unsaturated/α-hetero) is 1. The Labute approximate surface area is 101 Å². The normalized spacial score (nSPS) is 23.5. The fourth-order valence-electron chi connectivity index (χ4n) is 2.17. The van der Waals surface area contributed by atoms with E-state index in [0.29, 0.717) is 18.5 Å². The van der Waals surface area contributed by atoms with Gasteiger partial charge in [0.25, 0.3) is 0 Å². The van der Waals surface area contributed by atoms with Gasteiger partial charge in [-0.15, -0.1) is 0 Å². The number of hydrogen-bond acceptors (Lipinski definition) is 4. The highest BCUT2D eigenvalue weighted by atomic mass is 32.2. The van der Waals surface area contributed by atoms with E-state index in [1.54, 1.807) is 24.0 Å². The molecule has 17 heavy (non-hydrogen) atoms. The molecule has 0 aromatic carbocycles. The first-order valence-corrected chi connectivity index (χ1v) is 7.43. The molecule has 1 aliphatic heterocycles. The van der Waals surface area contributed by atoms with Crippen LogP contribution in [-0.4, -0.2) is 35.0 Å². The van der Waals surface area contributed by atoms with Crippen LogP contribution in [0.15, 0.2) is 12.3 Å². The lowest BCUT2D eigenvalue weighted by Gasteiger charge is -2.20. The van der Waals surface area contributed by atoms with E-state index >= 15 is 0 Å². The third kappa shape index (κ3) is 2.74. The molecule has 6 heteroatoms. The Morgan fingerprint density at radius 1 is 1.53 bits per heavy atom. The predicted octanol–water partition coefficient (Wildman–Crippen LogP) is 0.499. The van der Waals surface area contributed by atoms with Gasteiger partial charge in [0.05, 0.1) is 17.9 Å². The van der Waals surface area contributed by atoms with Crippen molar-refractivity contribution in [1.29, 1.82) is 0 Å². The fourth-order valence-corrected chi connectivity index (χ4v) is 4.07. The summed E-state index contributed by atoms with van der Waals surface area (Å²) in [5.41, 5.74) is 0.637. The van der Waals surface area contributed by atoms with Crippen molar-refractivity contribution >= 4 is 15.6 Å². The summed E-state index contributed by atoms with van der Waals surface area (Å²) in [6, 6.07) is 1.74. The molecule has 0 saturated carbocycles. The third-order valence-electron chi connectivity index (χ3n) is 3.06. The molecule has 1 aromatic rings. The average Bonchev–Trinajstić information content (AvgIpc) is 2.63. The fraction of sp³-hybridized carbons (Fsp3) is 0.636. The second-order valence-electron chi connectivity index (χ2n) is 4.48. The number of carbonyl (C=O) groups excluding carboxylic acids is 1. The lowest BCUT2D eigenvalue weighted by atomic mass is 10.1. The minimum atomic E-state index is -3.22. The molecule has 1 atom stereocenters. The number of hydrogen-bond donors (Lipinski definition) is 0. The van der Waals surface area contributed by atoms with Gasteiger partial charge in [-0.2, -0.15) is 5.10 Å². The first kappa shape index (κ1) is 12.3. The van der Waals surface area contributed by atoms with Gasteiger partial charge in [0.1, 0.15) is 5.25 Å². The quantitative estimate of drug-likeness (QED) is 0.789. The summed E-state index contributed by atoms with van der Waals surface area (Å²) in [4.78, 5) is 12.0. The van der Waals surface area contributed by atoms with Crippen molar-refractivity contribution in [2.45, 2.75) is 30.9 Å². The summed E-state index contributed by atoms with van der Waals surface area (Å²) in [7, 11) is -1.45. The molecule has 0 amide bonds. The summed E-state index contributed by atoms with van der Waals surface area (Å²) >= 11 is 0. The Kier molecular flexibility index (Phi) is 3.33. The minimum absolute atomic E-state index is 0.116.